The first-order valence-electron chi connectivity index (χ1n) is 6.38. The van der Waals surface area contributed by atoms with Crippen LogP contribution < -0.4 is 10.6 Å². The second kappa shape index (κ2) is 7.87. The summed E-state index contributed by atoms with van der Waals surface area (Å²) in [5, 5.41) is 15.0. The minimum atomic E-state index is -0.959. The highest BCUT2D eigenvalue weighted by Gasteiger charge is 2.21. The number of hydrogen-bond acceptors (Lipinski definition) is 3. The molecule has 0 aliphatic heterocycles. The molecule has 1 unspecified atom stereocenters. The first kappa shape index (κ1) is 16.5. The summed E-state index contributed by atoms with van der Waals surface area (Å²) in [7, 11) is 0. The van der Waals surface area contributed by atoms with E-state index in [1.54, 1.807) is 19.9 Å². The SMILES string of the molecule is CC(C)C(NCC(=O)NCc1ccccc1Cl)C(=O)O. The molecule has 20 heavy (non-hydrogen) atoms. The molecule has 110 valence electrons. The van der Waals surface area contributed by atoms with Gasteiger partial charge in [0.05, 0.1) is 6.54 Å². The number of carbonyl (C=O) groups excluding carboxylic acids is 1. The van der Waals surface area contributed by atoms with Crippen molar-refractivity contribution in [3.8, 4) is 0 Å². The fraction of sp³-hybridized carbons (Fsp3) is 0.429. The second-order valence-corrected chi connectivity index (χ2v) is 5.22. The number of amides is 1. The van der Waals surface area contributed by atoms with Crippen LogP contribution >= 0.6 is 11.6 Å². The van der Waals surface area contributed by atoms with Crippen molar-refractivity contribution in [3.05, 3.63) is 34.9 Å². The van der Waals surface area contributed by atoms with Crippen molar-refractivity contribution in [3.63, 3.8) is 0 Å². The van der Waals surface area contributed by atoms with E-state index < -0.39 is 12.0 Å². The minimum absolute atomic E-state index is 0.0421. The van der Waals surface area contributed by atoms with E-state index in [1.807, 2.05) is 18.2 Å². The fourth-order valence-electron chi connectivity index (χ4n) is 1.71. The quantitative estimate of drug-likeness (QED) is 0.715. The van der Waals surface area contributed by atoms with Crippen LogP contribution in [0.15, 0.2) is 24.3 Å². The van der Waals surface area contributed by atoms with Gasteiger partial charge in [0.2, 0.25) is 5.91 Å². The van der Waals surface area contributed by atoms with Crippen molar-refractivity contribution in [1.29, 1.82) is 0 Å². The van der Waals surface area contributed by atoms with Gasteiger partial charge in [-0.1, -0.05) is 43.6 Å². The van der Waals surface area contributed by atoms with Crippen LogP contribution in [0.1, 0.15) is 19.4 Å². The molecule has 1 rings (SSSR count). The Kier molecular flexibility index (Phi) is 6.48. The van der Waals surface area contributed by atoms with Gasteiger partial charge in [-0.25, -0.2) is 0 Å². The van der Waals surface area contributed by atoms with Gasteiger partial charge in [0, 0.05) is 11.6 Å². The first-order chi connectivity index (χ1) is 9.41. The summed E-state index contributed by atoms with van der Waals surface area (Å²) in [5.41, 5.74) is 0.821. The van der Waals surface area contributed by atoms with Crippen LogP contribution in [-0.4, -0.2) is 29.6 Å². The molecule has 0 spiro atoms. The summed E-state index contributed by atoms with van der Waals surface area (Å²) < 4.78 is 0. The highest BCUT2D eigenvalue weighted by molar-refractivity contribution is 6.31. The van der Waals surface area contributed by atoms with Crippen LogP contribution in [0.2, 0.25) is 5.02 Å². The molecule has 6 heteroatoms. The third kappa shape index (κ3) is 5.19. The molecule has 0 bridgehead atoms. The molecule has 0 fully saturated rings. The summed E-state index contributed by atoms with van der Waals surface area (Å²) in [5.74, 6) is -1.32. The van der Waals surface area contributed by atoms with Crippen molar-refractivity contribution in [2.24, 2.45) is 5.92 Å². The molecule has 0 aliphatic rings. The van der Waals surface area contributed by atoms with Gasteiger partial charge in [0.1, 0.15) is 6.04 Å². The number of aliphatic carboxylic acids is 1. The summed E-state index contributed by atoms with van der Waals surface area (Å²) in [6.45, 7) is 3.85. The Morgan fingerprint density at radius 1 is 1.30 bits per heavy atom. The van der Waals surface area contributed by atoms with E-state index in [2.05, 4.69) is 10.6 Å². The molecule has 1 atom stereocenters. The molecule has 0 aliphatic carbocycles. The molecule has 5 nitrogen and oxygen atoms in total. The molecule has 3 N–H and O–H groups in total. The Balaban J connectivity index is 2.41. The van der Waals surface area contributed by atoms with Crippen molar-refractivity contribution in [2.75, 3.05) is 6.54 Å². The molecule has 0 radical (unpaired) electrons. The number of hydrogen-bond donors (Lipinski definition) is 3. The Hall–Kier alpha value is -1.59. The van der Waals surface area contributed by atoms with E-state index in [0.717, 1.165) is 5.56 Å². The van der Waals surface area contributed by atoms with Crippen molar-refractivity contribution >= 4 is 23.5 Å². The maximum atomic E-state index is 11.7. The lowest BCUT2D eigenvalue weighted by Gasteiger charge is -2.17. The largest absolute Gasteiger partial charge is 0.480 e. The van der Waals surface area contributed by atoms with Crippen molar-refractivity contribution in [1.82, 2.24) is 10.6 Å². The van der Waals surface area contributed by atoms with E-state index in [4.69, 9.17) is 16.7 Å². The Morgan fingerprint density at radius 3 is 2.50 bits per heavy atom. The summed E-state index contributed by atoms with van der Waals surface area (Å²) in [6.07, 6.45) is 0. The number of carboxylic acid groups (broad SMARTS) is 1. The fourth-order valence-corrected chi connectivity index (χ4v) is 1.91. The van der Waals surface area contributed by atoms with Gasteiger partial charge in [-0.15, -0.1) is 0 Å². The van der Waals surface area contributed by atoms with Gasteiger partial charge in [-0.3, -0.25) is 14.9 Å². The topological polar surface area (TPSA) is 78.4 Å². The lowest BCUT2D eigenvalue weighted by molar-refractivity contribution is -0.140. The zero-order valence-corrected chi connectivity index (χ0v) is 12.3. The molecule has 1 aromatic rings. The van der Waals surface area contributed by atoms with Crippen molar-refractivity contribution in [2.45, 2.75) is 26.4 Å². The normalized spacial score (nSPS) is 12.2. The van der Waals surface area contributed by atoms with Gasteiger partial charge >= 0.3 is 5.97 Å². The van der Waals surface area contributed by atoms with E-state index >= 15 is 0 Å². The number of carboxylic acids is 1. The zero-order valence-electron chi connectivity index (χ0n) is 11.5. The third-order valence-electron chi connectivity index (χ3n) is 2.85. The average Bonchev–Trinajstić information content (AvgIpc) is 2.37. The van der Waals surface area contributed by atoms with E-state index in [1.165, 1.54) is 0 Å². The number of carbonyl (C=O) groups is 2. The molecule has 1 aromatic carbocycles. The van der Waals surface area contributed by atoms with E-state index in [9.17, 15) is 9.59 Å². The molecule has 0 aromatic heterocycles. The summed E-state index contributed by atoms with van der Waals surface area (Å²) in [6, 6.07) is 6.49. The molecular formula is C14H19ClN2O3. The standard InChI is InChI=1S/C14H19ClN2O3/c1-9(2)13(14(19)20)17-8-12(18)16-7-10-5-3-4-6-11(10)15/h3-6,9,13,17H,7-8H2,1-2H3,(H,16,18)(H,19,20). The highest BCUT2D eigenvalue weighted by atomic mass is 35.5. The second-order valence-electron chi connectivity index (χ2n) is 4.81. The van der Waals surface area contributed by atoms with Gasteiger partial charge in [0.25, 0.3) is 0 Å². The number of rotatable bonds is 7. The van der Waals surface area contributed by atoms with Crippen LogP contribution in [-0.2, 0) is 16.1 Å². The smallest absolute Gasteiger partial charge is 0.320 e. The maximum absolute atomic E-state index is 11.7. The first-order valence-corrected chi connectivity index (χ1v) is 6.76. The Labute approximate surface area is 123 Å². The van der Waals surface area contributed by atoms with Crippen molar-refractivity contribution < 1.29 is 14.7 Å². The van der Waals surface area contributed by atoms with Gasteiger partial charge in [-0.05, 0) is 17.5 Å². The Bertz CT molecular complexity index is 477. The van der Waals surface area contributed by atoms with Crippen LogP contribution in [0, 0.1) is 5.92 Å². The molecule has 0 heterocycles. The summed E-state index contributed by atoms with van der Waals surface area (Å²) in [4.78, 5) is 22.6. The average molecular weight is 299 g/mol. The van der Waals surface area contributed by atoms with Crippen LogP contribution in [0.5, 0.6) is 0 Å². The lowest BCUT2D eigenvalue weighted by Crippen LogP contribution is -2.45. The minimum Gasteiger partial charge on any atom is -0.480 e. The number of halogens is 1. The zero-order chi connectivity index (χ0) is 15.1. The van der Waals surface area contributed by atoms with Crippen LogP contribution in [0.4, 0.5) is 0 Å². The van der Waals surface area contributed by atoms with Gasteiger partial charge in [0.15, 0.2) is 0 Å². The monoisotopic (exact) mass is 298 g/mol. The lowest BCUT2D eigenvalue weighted by atomic mass is 10.1. The Morgan fingerprint density at radius 2 is 1.95 bits per heavy atom. The molecule has 0 saturated heterocycles. The molecule has 0 saturated carbocycles. The number of benzene rings is 1. The van der Waals surface area contributed by atoms with E-state index in [-0.39, 0.29) is 18.4 Å². The van der Waals surface area contributed by atoms with Crippen LogP contribution in [0.3, 0.4) is 0 Å². The highest BCUT2D eigenvalue weighted by Crippen LogP contribution is 2.14. The predicted octanol–water partition coefficient (Wildman–Crippen LogP) is 1.65. The maximum Gasteiger partial charge on any atom is 0.320 e. The predicted molar refractivity (Wildman–Crippen MR) is 77.6 cm³/mol. The van der Waals surface area contributed by atoms with Gasteiger partial charge < -0.3 is 10.4 Å². The van der Waals surface area contributed by atoms with Gasteiger partial charge in [-0.2, -0.15) is 0 Å². The molecule has 1 amide bonds. The van der Waals surface area contributed by atoms with Crippen LogP contribution in [0.25, 0.3) is 0 Å². The molecular weight excluding hydrogens is 280 g/mol. The third-order valence-corrected chi connectivity index (χ3v) is 3.22. The summed E-state index contributed by atoms with van der Waals surface area (Å²) >= 11 is 5.97. The van der Waals surface area contributed by atoms with E-state index in [0.29, 0.717) is 11.6 Å². The number of nitrogens with one attached hydrogen (secondary N) is 2.